The number of aliphatic hydroxyl groups excluding tert-OH is 3. The van der Waals surface area contributed by atoms with Crippen LogP contribution in [0.2, 0.25) is 0 Å². The SMILES string of the molecule is O=C1NC(c2ccccc2)C=C(c2ccccc2F)N1C1OC(CO)C(O)C1O. The first kappa shape index (κ1) is 19.5. The van der Waals surface area contributed by atoms with Gasteiger partial charge in [0, 0.05) is 5.56 Å². The standard InChI is InChI=1S/C21H21FN2O5/c22-14-9-5-4-8-13(14)16-10-15(12-6-2-1-3-7-12)23-21(28)24(16)20-19(27)18(26)17(11-25)29-20/h1-10,15,17-20,25-27H,11H2,(H,23,28). The molecule has 2 aliphatic rings. The Kier molecular flexibility index (Phi) is 5.33. The summed E-state index contributed by atoms with van der Waals surface area (Å²) in [6.07, 6.45) is -3.53. The molecular weight excluding hydrogens is 379 g/mol. The lowest BCUT2D eigenvalue weighted by molar-refractivity contribution is -0.0626. The number of benzene rings is 2. The minimum atomic E-state index is -1.47. The lowest BCUT2D eigenvalue weighted by Crippen LogP contribution is -2.53. The molecule has 1 fully saturated rings. The van der Waals surface area contributed by atoms with E-state index in [4.69, 9.17) is 4.74 Å². The van der Waals surface area contributed by atoms with Crippen molar-refractivity contribution in [3.05, 3.63) is 77.6 Å². The fourth-order valence-corrected chi connectivity index (χ4v) is 3.67. The molecule has 0 bridgehead atoms. The first-order valence-electron chi connectivity index (χ1n) is 9.25. The molecule has 152 valence electrons. The molecular formula is C21H21FN2O5. The summed E-state index contributed by atoms with van der Waals surface area (Å²) < 4.78 is 20.1. The molecule has 8 heteroatoms. The zero-order valence-corrected chi connectivity index (χ0v) is 15.4. The van der Waals surface area contributed by atoms with Gasteiger partial charge in [-0.1, -0.05) is 42.5 Å². The molecule has 0 aliphatic carbocycles. The van der Waals surface area contributed by atoms with Crippen molar-refractivity contribution < 1.29 is 29.2 Å². The predicted octanol–water partition coefficient (Wildman–Crippen LogP) is 1.37. The Morgan fingerprint density at radius 1 is 1.03 bits per heavy atom. The van der Waals surface area contributed by atoms with Crippen LogP contribution in [0.15, 0.2) is 60.7 Å². The van der Waals surface area contributed by atoms with E-state index in [0.29, 0.717) is 0 Å². The number of ether oxygens (including phenoxy) is 1. The topological polar surface area (TPSA) is 102 Å². The average molecular weight is 400 g/mol. The molecule has 0 saturated carbocycles. The van der Waals surface area contributed by atoms with E-state index in [2.05, 4.69) is 5.32 Å². The molecule has 0 spiro atoms. The normalized spacial score (nSPS) is 29.5. The molecule has 5 unspecified atom stereocenters. The van der Waals surface area contributed by atoms with E-state index >= 15 is 0 Å². The molecule has 0 radical (unpaired) electrons. The molecule has 4 N–H and O–H groups in total. The van der Waals surface area contributed by atoms with Crippen molar-refractivity contribution in [2.75, 3.05) is 6.61 Å². The molecule has 7 nitrogen and oxygen atoms in total. The van der Waals surface area contributed by atoms with Gasteiger partial charge >= 0.3 is 6.03 Å². The van der Waals surface area contributed by atoms with Crippen molar-refractivity contribution in [1.82, 2.24) is 10.2 Å². The smallest absolute Gasteiger partial charge is 0.324 e. The van der Waals surface area contributed by atoms with Gasteiger partial charge in [-0.2, -0.15) is 0 Å². The minimum absolute atomic E-state index is 0.154. The van der Waals surface area contributed by atoms with Crippen LogP contribution in [0.4, 0.5) is 9.18 Å². The lowest BCUT2D eigenvalue weighted by atomic mass is 9.99. The highest BCUT2D eigenvalue weighted by molar-refractivity contribution is 5.89. The number of rotatable bonds is 4. The zero-order valence-electron chi connectivity index (χ0n) is 15.4. The van der Waals surface area contributed by atoms with Crippen LogP contribution in [-0.2, 0) is 4.74 Å². The van der Waals surface area contributed by atoms with Crippen LogP contribution in [0, 0.1) is 5.82 Å². The number of carbonyl (C=O) groups is 1. The summed E-state index contributed by atoms with van der Waals surface area (Å²) in [6, 6.07) is 14.0. The number of urea groups is 1. The Morgan fingerprint density at radius 2 is 1.72 bits per heavy atom. The molecule has 2 aliphatic heterocycles. The van der Waals surface area contributed by atoms with Crippen molar-refractivity contribution in [2.45, 2.75) is 30.6 Å². The number of amides is 2. The van der Waals surface area contributed by atoms with Crippen LogP contribution in [0.3, 0.4) is 0 Å². The Bertz CT molecular complexity index is 922. The van der Waals surface area contributed by atoms with Crippen LogP contribution in [-0.4, -0.2) is 57.4 Å². The molecule has 5 atom stereocenters. The summed E-state index contributed by atoms with van der Waals surface area (Å²) in [5.41, 5.74) is 1.16. The van der Waals surface area contributed by atoms with Gasteiger partial charge in [0.15, 0.2) is 6.23 Å². The summed E-state index contributed by atoms with van der Waals surface area (Å²) in [6.45, 7) is -0.532. The van der Waals surface area contributed by atoms with Gasteiger partial charge in [0.05, 0.1) is 18.3 Å². The molecule has 4 rings (SSSR count). The van der Waals surface area contributed by atoms with Crippen molar-refractivity contribution in [1.29, 1.82) is 0 Å². The van der Waals surface area contributed by atoms with E-state index in [9.17, 15) is 24.5 Å². The van der Waals surface area contributed by atoms with Crippen molar-refractivity contribution in [2.24, 2.45) is 0 Å². The van der Waals surface area contributed by atoms with E-state index < -0.39 is 49.0 Å². The van der Waals surface area contributed by atoms with Crippen molar-refractivity contribution >= 4 is 11.7 Å². The maximum Gasteiger partial charge on any atom is 0.324 e. The number of aliphatic hydroxyl groups is 3. The molecule has 2 heterocycles. The summed E-state index contributed by atoms with van der Waals surface area (Å²) in [5.74, 6) is -0.544. The second kappa shape index (κ2) is 7.92. The number of carbonyl (C=O) groups excluding carboxylic acids is 1. The maximum absolute atomic E-state index is 14.6. The Labute approximate surface area is 166 Å². The molecule has 2 amide bonds. The first-order chi connectivity index (χ1) is 14.0. The third-order valence-corrected chi connectivity index (χ3v) is 5.16. The molecule has 2 aromatic rings. The monoisotopic (exact) mass is 400 g/mol. The second-order valence-electron chi connectivity index (χ2n) is 6.97. The molecule has 2 aromatic carbocycles. The van der Waals surface area contributed by atoms with Crippen LogP contribution in [0.25, 0.3) is 5.70 Å². The lowest BCUT2D eigenvalue weighted by Gasteiger charge is -2.37. The van der Waals surface area contributed by atoms with Gasteiger partial charge in [0.1, 0.15) is 24.1 Å². The third kappa shape index (κ3) is 3.51. The van der Waals surface area contributed by atoms with Gasteiger partial charge < -0.3 is 25.4 Å². The zero-order chi connectivity index (χ0) is 20.5. The highest BCUT2D eigenvalue weighted by Gasteiger charge is 2.49. The van der Waals surface area contributed by atoms with Crippen LogP contribution in [0.1, 0.15) is 17.2 Å². The van der Waals surface area contributed by atoms with Crippen LogP contribution >= 0.6 is 0 Å². The largest absolute Gasteiger partial charge is 0.394 e. The molecule has 1 saturated heterocycles. The molecule has 29 heavy (non-hydrogen) atoms. The van der Waals surface area contributed by atoms with E-state index in [1.807, 2.05) is 30.3 Å². The number of hydrogen-bond acceptors (Lipinski definition) is 5. The number of nitrogens with one attached hydrogen (secondary N) is 1. The second-order valence-corrected chi connectivity index (χ2v) is 6.97. The average Bonchev–Trinajstić information content (AvgIpc) is 3.02. The number of halogens is 1. The van der Waals surface area contributed by atoms with Gasteiger partial charge in [0.2, 0.25) is 0 Å². The predicted molar refractivity (Wildman–Crippen MR) is 102 cm³/mol. The quantitative estimate of drug-likeness (QED) is 0.621. The Balaban J connectivity index is 1.80. The summed E-state index contributed by atoms with van der Waals surface area (Å²) in [5, 5.41) is 32.7. The van der Waals surface area contributed by atoms with Crippen LogP contribution in [0.5, 0.6) is 0 Å². The first-order valence-corrected chi connectivity index (χ1v) is 9.25. The van der Waals surface area contributed by atoms with E-state index in [0.717, 1.165) is 10.5 Å². The van der Waals surface area contributed by atoms with E-state index in [1.165, 1.54) is 18.2 Å². The molecule has 0 aromatic heterocycles. The fourth-order valence-electron chi connectivity index (χ4n) is 3.67. The van der Waals surface area contributed by atoms with Gasteiger partial charge in [-0.3, -0.25) is 4.90 Å². The van der Waals surface area contributed by atoms with Crippen LogP contribution < -0.4 is 5.32 Å². The highest BCUT2D eigenvalue weighted by atomic mass is 19.1. The Hall–Kier alpha value is -2.78. The number of nitrogens with zero attached hydrogens (tertiary/aromatic N) is 1. The highest BCUT2D eigenvalue weighted by Crippen LogP contribution is 2.36. The fraction of sp³-hybridized carbons (Fsp3) is 0.286. The van der Waals surface area contributed by atoms with Gasteiger partial charge in [0.25, 0.3) is 0 Å². The number of hydrogen-bond donors (Lipinski definition) is 4. The van der Waals surface area contributed by atoms with Gasteiger partial charge in [-0.05, 0) is 23.8 Å². The van der Waals surface area contributed by atoms with Crippen molar-refractivity contribution in [3.63, 3.8) is 0 Å². The van der Waals surface area contributed by atoms with Gasteiger partial charge in [-0.25, -0.2) is 9.18 Å². The summed E-state index contributed by atoms with van der Waals surface area (Å²) in [7, 11) is 0. The maximum atomic E-state index is 14.6. The summed E-state index contributed by atoms with van der Waals surface area (Å²) in [4.78, 5) is 14.1. The van der Waals surface area contributed by atoms with Gasteiger partial charge in [-0.15, -0.1) is 0 Å². The van der Waals surface area contributed by atoms with Crippen molar-refractivity contribution in [3.8, 4) is 0 Å². The minimum Gasteiger partial charge on any atom is -0.394 e. The summed E-state index contributed by atoms with van der Waals surface area (Å²) >= 11 is 0. The van der Waals surface area contributed by atoms with E-state index in [-0.39, 0.29) is 11.3 Å². The third-order valence-electron chi connectivity index (χ3n) is 5.16. The Morgan fingerprint density at radius 3 is 2.38 bits per heavy atom. The van der Waals surface area contributed by atoms with E-state index in [1.54, 1.807) is 12.1 Å².